The minimum atomic E-state index is 0. The molecule has 1 aliphatic heterocycles. The molecular formula is C19H27IN4O2S. The number of aliphatic imine (C=N–C) groups is 1. The molecule has 3 rings (SSSR count). The predicted octanol–water partition coefficient (Wildman–Crippen LogP) is 4.10. The zero-order chi connectivity index (χ0) is 18.2. The van der Waals surface area contributed by atoms with Crippen molar-refractivity contribution < 1.29 is 9.47 Å². The molecule has 8 heteroatoms. The molecule has 0 bridgehead atoms. The molecule has 6 nitrogen and oxygen atoms in total. The average molecular weight is 502 g/mol. The second-order valence-electron chi connectivity index (χ2n) is 5.92. The maximum Gasteiger partial charge on any atom is 0.195 e. The highest BCUT2D eigenvalue weighted by atomic mass is 127. The van der Waals surface area contributed by atoms with Gasteiger partial charge in [-0.15, -0.1) is 35.3 Å². The van der Waals surface area contributed by atoms with E-state index in [1.807, 2.05) is 24.4 Å². The van der Waals surface area contributed by atoms with Crippen LogP contribution >= 0.6 is 35.3 Å². The highest BCUT2D eigenvalue weighted by molar-refractivity contribution is 14.0. The SMILES string of the molecule is CCNC(=NCCc1ncc(CC)s1)Nc1ccc2c(c1)OCCCO2.I. The van der Waals surface area contributed by atoms with Crippen LogP contribution < -0.4 is 20.1 Å². The zero-order valence-corrected chi connectivity index (χ0v) is 18.9. The lowest BCUT2D eigenvalue weighted by Gasteiger charge is -2.13. The molecule has 0 radical (unpaired) electrons. The number of guanidine groups is 1. The highest BCUT2D eigenvalue weighted by Gasteiger charge is 2.11. The van der Waals surface area contributed by atoms with E-state index in [-0.39, 0.29) is 24.0 Å². The van der Waals surface area contributed by atoms with Gasteiger partial charge in [0.1, 0.15) is 0 Å². The second kappa shape index (κ2) is 11.3. The molecule has 0 amide bonds. The summed E-state index contributed by atoms with van der Waals surface area (Å²) >= 11 is 1.77. The van der Waals surface area contributed by atoms with Crippen molar-refractivity contribution in [2.45, 2.75) is 33.1 Å². The number of hydrogen-bond acceptors (Lipinski definition) is 5. The summed E-state index contributed by atoms with van der Waals surface area (Å²) in [6, 6.07) is 5.88. The summed E-state index contributed by atoms with van der Waals surface area (Å²) in [5.41, 5.74) is 0.927. The first-order chi connectivity index (χ1) is 12.8. The first kappa shape index (κ1) is 21.7. The highest BCUT2D eigenvalue weighted by Crippen LogP contribution is 2.32. The second-order valence-corrected chi connectivity index (χ2v) is 7.12. The molecule has 148 valence electrons. The molecular weight excluding hydrogens is 475 g/mol. The van der Waals surface area contributed by atoms with E-state index < -0.39 is 0 Å². The molecule has 1 aromatic heterocycles. The van der Waals surface area contributed by atoms with Crippen LogP contribution in [0.3, 0.4) is 0 Å². The Hall–Kier alpha value is -1.55. The maximum absolute atomic E-state index is 5.75. The van der Waals surface area contributed by atoms with Gasteiger partial charge in [-0.05, 0) is 25.5 Å². The number of nitrogens with one attached hydrogen (secondary N) is 2. The standard InChI is InChI=1S/C19H26N4O2S.HI/c1-3-15-13-22-18(26-15)8-9-21-19(20-4-2)23-14-6-7-16-17(12-14)25-11-5-10-24-16;/h6-7,12-13H,3-5,8-11H2,1-2H3,(H2,20,21,23);1H. The number of fused-ring (bicyclic) bond motifs is 1. The number of thiazole rings is 1. The Kier molecular flexibility index (Phi) is 9.12. The minimum Gasteiger partial charge on any atom is -0.490 e. The topological polar surface area (TPSA) is 67.8 Å². The number of rotatable bonds is 6. The Morgan fingerprint density at radius 3 is 2.78 bits per heavy atom. The fraction of sp³-hybridized carbons (Fsp3) is 0.474. The van der Waals surface area contributed by atoms with E-state index in [0.717, 1.165) is 54.0 Å². The number of halogens is 1. The summed E-state index contributed by atoms with van der Waals surface area (Å²) in [6.07, 6.45) is 4.75. The molecule has 0 fully saturated rings. The third-order valence-corrected chi connectivity index (χ3v) is 5.10. The van der Waals surface area contributed by atoms with Gasteiger partial charge in [0.2, 0.25) is 0 Å². The number of aryl methyl sites for hydroxylation is 1. The van der Waals surface area contributed by atoms with Crippen LogP contribution in [0, 0.1) is 0 Å². The third kappa shape index (κ3) is 6.53. The fourth-order valence-corrected chi connectivity index (χ4v) is 3.43. The minimum absolute atomic E-state index is 0. The van der Waals surface area contributed by atoms with Crippen LogP contribution in [-0.2, 0) is 12.8 Å². The lowest BCUT2D eigenvalue weighted by molar-refractivity contribution is 0.297. The lowest BCUT2D eigenvalue weighted by atomic mass is 10.3. The molecule has 1 aromatic carbocycles. The van der Waals surface area contributed by atoms with Gasteiger partial charge in [-0.1, -0.05) is 6.92 Å². The Labute approximate surface area is 181 Å². The zero-order valence-electron chi connectivity index (χ0n) is 15.8. The van der Waals surface area contributed by atoms with Crippen molar-refractivity contribution in [3.8, 4) is 11.5 Å². The predicted molar refractivity (Wildman–Crippen MR) is 122 cm³/mol. The summed E-state index contributed by atoms with van der Waals surface area (Å²) in [4.78, 5) is 10.4. The summed E-state index contributed by atoms with van der Waals surface area (Å²) in [6.45, 7) is 7.07. The Balaban J connectivity index is 0.00000261. The monoisotopic (exact) mass is 502 g/mol. The molecule has 2 N–H and O–H groups in total. The van der Waals surface area contributed by atoms with E-state index in [1.165, 1.54) is 4.88 Å². The normalized spacial score (nSPS) is 13.5. The van der Waals surface area contributed by atoms with Gasteiger partial charge in [0.15, 0.2) is 17.5 Å². The number of ether oxygens (including phenoxy) is 2. The summed E-state index contributed by atoms with van der Waals surface area (Å²) in [5, 5.41) is 7.75. The number of anilines is 1. The molecule has 1 aliphatic rings. The Morgan fingerprint density at radius 2 is 2.04 bits per heavy atom. The van der Waals surface area contributed by atoms with Crippen molar-refractivity contribution in [2.24, 2.45) is 4.99 Å². The summed E-state index contributed by atoms with van der Waals surface area (Å²) in [5.74, 6) is 2.33. The van der Waals surface area contributed by atoms with E-state index in [0.29, 0.717) is 19.8 Å². The van der Waals surface area contributed by atoms with Crippen molar-refractivity contribution in [1.82, 2.24) is 10.3 Å². The van der Waals surface area contributed by atoms with Crippen molar-refractivity contribution in [1.29, 1.82) is 0 Å². The van der Waals surface area contributed by atoms with Crippen LogP contribution in [0.4, 0.5) is 5.69 Å². The van der Waals surface area contributed by atoms with Gasteiger partial charge in [-0.25, -0.2) is 4.98 Å². The molecule has 0 saturated heterocycles. The number of hydrogen-bond donors (Lipinski definition) is 2. The van der Waals surface area contributed by atoms with E-state index in [4.69, 9.17) is 9.47 Å². The van der Waals surface area contributed by atoms with Crippen LogP contribution in [0.1, 0.15) is 30.2 Å². The van der Waals surface area contributed by atoms with E-state index in [9.17, 15) is 0 Å². The number of nitrogens with zero attached hydrogens (tertiary/aromatic N) is 2. The Bertz CT molecular complexity index is 751. The van der Waals surface area contributed by atoms with Gasteiger partial charge in [-0.3, -0.25) is 4.99 Å². The van der Waals surface area contributed by atoms with Gasteiger partial charge >= 0.3 is 0 Å². The van der Waals surface area contributed by atoms with Crippen LogP contribution in [0.25, 0.3) is 0 Å². The average Bonchev–Trinajstić information content (AvgIpc) is 2.98. The molecule has 0 atom stereocenters. The van der Waals surface area contributed by atoms with Gasteiger partial charge < -0.3 is 20.1 Å². The van der Waals surface area contributed by atoms with Crippen LogP contribution in [-0.4, -0.2) is 37.2 Å². The van der Waals surface area contributed by atoms with Crippen molar-refractivity contribution in [3.05, 3.63) is 34.3 Å². The summed E-state index contributed by atoms with van der Waals surface area (Å²) < 4.78 is 11.4. The van der Waals surface area contributed by atoms with Gasteiger partial charge in [-0.2, -0.15) is 0 Å². The van der Waals surface area contributed by atoms with E-state index in [1.54, 1.807) is 11.3 Å². The molecule has 0 spiro atoms. The molecule has 27 heavy (non-hydrogen) atoms. The van der Waals surface area contributed by atoms with Gasteiger partial charge in [0.05, 0.1) is 18.2 Å². The molecule has 0 aliphatic carbocycles. The van der Waals surface area contributed by atoms with Gasteiger partial charge in [0, 0.05) is 48.8 Å². The molecule has 0 unspecified atom stereocenters. The third-order valence-electron chi connectivity index (χ3n) is 3.90. The van der Waals surface area contributed by atoms with E-state index >= 15 is 0 Å². The van der Waals surface area contributed by atoms with Crippen LogP contribution in [0.15, 0.2) is 29.4 Å². The largest absolute Gasteiger partial charge is 0.490 e. The van der Waals surface area contributed by atoms with E-state index in [2.05, 4.69) is 34.5 Å². The number of aromatic nitrogens is 1. The first-order valence-electron chi connectivity index (χ1n) is 9.17. The van der Waals surface area contributed by atoms with Gasteiger partial charge in [0.25, 0.3) is 0 Å². The summed E-state index contributed by atoms with van der Waals surface area (Å²) in [7, 11) is 0. The van der Waals surface area contributed by atoms with Crippen LogP contribution in [0.5, 0.6) is 11.5 Å². The van der Waals surface area contributed by atoms with Crippen molar-refractivity contribution in [3.63, 3.8) is 0 Å². The molecule has 0 saturated carbocycles. The molecule has 2 aromatic rings. The van der Waals surface area contributed by atoms with Crippen molar-refractivity contribution in [2.75, 3.05) is 31.6 Å². The Morgan fingerprint density at radius 1 is 1.22 bits per heavy atom. The smallest absolute Gasteiger partial charge is 0.195 e. The fourth-order valence-electron chi connectivity index (χ4n) is 2.58. The van der Waals surface area contributed by atoms with Crippen molar-refractivity contribution >= 4 is 47.0 Å². The maximum atomic E-state index is 5.75. The quantitative estimate of drug-likeness (QED) is 0.354. The first-order valence-corrected chi connectivity index (χ1v) is 9.98. The van der Waals surface area contributed by atoms with Crippen LogP contribution in [0.2, 0.25) is 0 Å². The molecule has 2 heterocycles. The number of benzene rings is 1. The lowest BCUT2D eigenvalue weighted by Crippen LogP contribution is -2.30.